The number of alkyl halides is 3. The maximum Gasteiger partial charge on any atom is 0.416 e. The van der Waals surface area contributed by atoms with Gasteiger partial charge in [-0.15, -0.1) is 0 Å². The molecule has 1 aromatic carbocycles. The topological polar surface area (TPSA) is 38.0 Å². The van der Waals surface area contributed by atoms with Gasteiger partial charge in [-0.3, -0.25) is 0 Å². The van der Waals surface area contributed by atoms with Crippen molar-refractivity contribution in [3.63, 3.8) is 0 Å². The van der Waals surface area contributed by atoms with Crippen molar-refractivity contribution in [1.82, 2.24) is 0 Å². The Morgan fingerprint density at radius 2 is 2.05 bits per heavy atom. The summed E-state index contributed by atoms with van der Waals surface area (Å²) >= 11 is 4.83. The van der Waals surface area contributed by atoms with Gasteiger partial charge in [0.1, 0.15) is 4.99 Å². The van der Waals surface area contributed by atoms with E-state index in [1.165, 1.54) is 18.9 Å². The van der Waals surface area contributed by atoms with Gasteiger partial charge in [-0.1, -0.05) is 25.1 Å². The lowest BCUT2D eigenvalue weighted by molar-refractivity contribution is -0.137. The predicted molar refractivity (Wildman–Crippen MR) is 77.8 cm³/mol. The number of hydrogen-bond donors (Lipinski definition) is 2. The first kappa shape index (κ1) is 15.1. The molecule has 0 saturated heterocycles. The molecule has 0 aromatic heterocycles. The average molecular weight is 302 g/mol. The Hall–Kier alpha value is -1.30. The van der Waals surface area contributed by atoms with E-state index in [1.807, 2.05) is 0 Å². The second kappa shape index (κ2) is 5.99. The summed E-state index contributed by atoms with van der Waals surface area (Å²) in [5, 5.41) is 3.12. The van der Waals surface area contributed by atoms with E-state index in [1.54, 1.807) is 0 Å². The van der Waals surface area contributed by atoms with E-state index in [0.29, 0.717) is 5.69 Å². The van der Waals surface area contributed by atoms with Crippen LogP contribution in [0, 0.1) is 5.92 Å². The van der Waals surface area contributed by atoms with Crippen LogP contribution >= 0.6 is 12.2 Å². The number of nitrogens with two attached hydrogens (primary N) is 1. The molecule has 110 valence electrons. The van der Waals surface area contributed by atoms with Crippen LogP contribution in [0.3, 0.4) is 0 Å². The van der Waals surface area contributed by atoms with Gasteiger partial charge in [-0.05, 0) is 37.0 Å². The summed E-state index contributed by atoms with van der Waals surface area (Å²) in [6.07, 6.45) is 0.388. The van der Waals surface area contributed by atoms with Crippen molar-refractivity contribution in [1.29, 1.82) is 0 Å². The van der Waals surface area contributed by atoms with Gasteiger partial charge in [0.15, 0.2) is 0 Å². The molecule has 0 aliphatic heterocycles. The van der Waals surface area contributed by atoms with Crippen molar-refractivity contribution >= 4 is 22.9 Å². The lowest BCUT2D eigenvalue weighted by Crippen LogP contribution is -2.16. The highest BCUT2D eigenvalue weighted by Crippen LogP contribution is 2.34. The molecule has 0 spiro atoms. The molecule has 1 aliphatic rings. The minimum atomic E-state index is -4.38. The number of rotatable bonds is 6. The van der Waals surface area contributed by atoms with Gasteiger partial charge in [0, 0.05) is 17.8 Å². The lowest BCUT2D eigenvalue weighted by atomic mass is 10.1. The number of halogens is 3. The van der Waals surface area contributed by atoms with Gasteiger partial charge >= 0.3 is 6.18 Å². The summed E-state index contributed by atoms with van der Waals surface area (Å²) < 4.78 is 38.0. The number of thiocarbonyl (C=S) groups is 1. The van der Waals surface area contributed by atoms with Crippen LogP contribution in [0.5, 0.6) is 0 Å². The van der Waals surface area contributed by atoms with Gasteiger partial charge in [0.2, 0.25) is 0 Å². The van der Waals surface area contributed by atoms with Crippen LogP contribution in [-0.2, 0) is 6.18 Å². The van der Waals surface area contributed by atoms with Gasteiger partial charge in [0.05, 0.1) is 5.56 Å². The Morgan fingerprint density at radius 1 is 1.35 bits per heavy atom. The number of hydrogen-bond acceptors (Lipinski definition) is 2. The van der Waals surface area contributed by atoms with Crippen molar-refractivity contribution in [2.75, 3.05) is 11.9 Å². The highest BCUT2D eigenvalue weighted by atomic mass is 32.1. The SMILES string of the molecule is NC(=S)c1cc(C(F)(F)F)ccc1NCCCC1CC1. The number of benzene rings is 1. The van der Waals surface area contributed by atoms with Crippen molar-refractivity contribution in [2.45, 2.75) is 31.9 Å². The first-order chi connectivity index (χ1) is 9.38. The van der Waals surface area contributed by atoms with Crippen LogP contribution in [-0.4, -0.2) is 11.5 Å². The molecule has 0 radical (unpaired) electrons. The van der Waals surface area contributed by atoms with E-state index >= 15 is 0 Å². The molecular formula is C14H17F3N2S. The summed E-state index contributed by atoms with van der Waals surface area (Å²) in [6.45, 7) is 0.720. The van der Waals surface area contributed by atoms with Gasteiger partial charge in [0.25, 0.3) is 0 Å². The van der Waals surface area contributed by atoms with Crippen LogP contribution in [0.2, 0.25) is 0 Å². The van der Waals surface area contributed by atoms with Crippen LogP contribution in [0.25, 0.3) is 0 Å². The van der Waals surface area contributed by atoms with E-state index in [4.69, 9.17) is 18.0 Å². The van der Waals surface area contributed by atoms with Crippen molar-refractivity contribution in [2.24, 2.45) is 11.7 Å². The smallest absolute Gasteiger partial charge is 0.389 e. The standard InChI is InChI=1S/C14H17F3N2S/c15-14(16,17)10-5-6-12(11(8-10)13(18)20)19-7-1-2-9-3-4-9/h5-6,8-9,19H,1-4,7H2,(H2,18,20). The molecule has 0 unspecified atom stereocenters. The number of anilines is 1. The molecule has 1 aliphatic carbocycles. The molecule has 0 atom stereocenters. The third kappa shape index (κ3) is 4.10. The monoisotopic (exact) mass is 302 g/mol. The molecule has 1 aromatic rings. The Bertz CT molecular complexity index is 496. The fraction of sp³-hybridized carbons (Fsp3) is 0.500. The van der Waals surface area contributed by atoms with E-state index in [2.05, 4.69) is 5.32 Å². The lowest BCUT2D eigenvalue weighted by Gasteiger charge is -2.14. The second-order valence-electron chi connectivity index (χ2n) is 5.13. The maximum absolute atomic E-state index is 12.7. The molecule has 6 heteroatoms. The predicted octanol–water partition coefficient (Wildman–Crippen LogP) is 3.94. The molecule has 2 rings (SSSR count). The van der Waals surface area contributed by atoms with Crippen LogP contribution in [0.15, 0.2) is 18.2 Å². The highest BCUT2D eigenvalue weighted by molar-refractivity contribution is 7.80. The zero-order valence-electron chi connectivity index (χ0n) is 11.0. The molecule has 0 bridgehead atoms. The summed E-state index contributed by atoms with van der Waals surface area (Å²) in [4.78, 5) is -0.0270. The van der Waals surface area contributed by atoms with Crippen LogP contribution in [0.4, 0.5) is 18.9 Å². The molecule has 0 heterocycles. The largest absolute Gasteiger partial charge is 0.416 e. The van der Waals surface area contributed by atoms with E-state index in [-0.39, 0.29) is 10.6 Å². The Labute approximate surface area is 121 Å². The van der Waals surface area contributed by atoms with E-state index in [0.717, 1.165) is 37.4 Å². The van der Waals surface area contributed by atoms with Gasteiger partial charge < -0.3 is 11.1 Å². The molecule has 0 amide bonds. The summed E-state index contributed by atoms with van der Waals surface area (Å²) in [6, 6.07) is 3.45. The van der Waals surface area contributed by atoms with Crippen molar-refractivity contribution in [3.05, 3.63) is 29.3 Å². The normalized spacial score (nSPS) is 15.2. The summed E-state index contributed by atoms with van der Waals surface area (Å²) in [5.74, 6) is 0.847. The molecule has 20 heavy (non-hydrogen) atoms. The van der Waals surface area contributed by atoms with Crippen LogP contribution < -0.4 is 11.1 Å². The Balaban J connectivity index is 2.04. The quantitative estimate of drug-likeness (QED) is 0.617. The fourth-order valence-electron chi connectivity index (χ4n) is 2.10. The van der Waals surface area contributed by atoms with Crippen LogP contribution in [0.1, 0.15) is 36.8 Å². The second-order valence-corrected chi connectivity index (χ2v) is 5.57. The molecule has 1 saturated carbocycles. The molecular weight excluding hydrogens is 285 g/mol. The minimum Gasteiger partial charge on any atom is -0.389 e. The highest BCUT2D eigenvalue weighted by Gasteiger charge is 2.31. The molecule has 2 nitrogen and oxygen atoms in total. The van der Waals surface area contributed by atoms with Gasteiger partial charge in [-0.2, -0.15) is 13.2 Å². The molecule has 3 N–H and O–H groups in total. The zero-order chi connectivity index (χ0) is 14.8. The van der Waals surface area contributed by atoms with Gasteiger partial charge in [-0.25, -0.2) is 0 Å². The zero-order valence-corrected chi connectivity index (χ0v) is 11.8. The summed E-state index contributed by atoms with van der Waals surface area (Å²) in [7, 11) is 0. The average Bonchev–Trinajstić information content (AvgIpc) is 3.17. The first-order valence-electron chi connectivity index (χ1n) is 6.63. The maximum atomic E-state index is 12.7. The van der Waals surface area contributed by atoms with E-state index in [9.17, 15) is 13.2 Å². The number of nitrogens with one attached hydrogen (secondary N) is 1. The third-order valence-electron chi connectivity index (χ3n) is 3.41. The summed E-state index contributed by atoms with van der Waals surface area (Å²) in [5.41, 5.74) is 5.60. The van der Waals surface area contributed by atoms with Crippen molar-refractivity contribution in [3.8, 4) is 0 Å². The fourth-order valence-corrected chi connectivity index (χ4v) is 2.27. The molecule has 1 fully saturated rings. The third-order valence-corrected chi connectivity index (χ3v) is 3.63. The van der Waals surface area contributed by atoms with E-state index < -0.39 is 11.7 Å². The Kier molecular flexibility index (Phi) is 4.52. The Morgan fingerprint density at radius 3 is 2.60 bits per heavy atom. The minimum absolute atomic E-state index is 0.0270. The van der Waals surface area contributed by atoms with Crippen molar-refractivity contribution < 1.29 is 13.2 Å². The first-order valence-corrected chi connectivity index (χ1v) is 7.03.